The van der Waals surface area contributed by atoms with Gasteiger partial charge in [-0.05, 0) is 30.5 Å². The second-order valence-electron chi connectivity index (χ2n) is 4.62. The van der Waals surface area contributed by atoms with E-state index in [2.05, 4.69) is 0 Å². The fourth-order valence-corrected chi connectivity index (χ4v) is 2.16. The molecule has 20 heavy (non-hydrogen) atoms. The summed E-state index contributed by atoms with van der Waals surface area (Å²) in [7, 11) is 3.06. The van der Waals surface area contributed by atoms with Gasteiger partial charge < -0.3 is 19.3 Å². The fraction of sp³-hybridized carbons (Fsp3) is 0.400. The van der Waals surface area contributed by atoms with Gasteiger partial charge in [0.1, 0.15) is 11.9 Å². The molecule has 1 aromatic carbocycles. The number of esters is 1. The highest BCUT2D eigenvalue weighted by Gasteiger charge is 2.22. The number of methoxy groups -OCH3 is 2. The molecule has 0 amide bonds. The molecule has 1 N–H and O–H groups in total. The van der Waals surface area contributed by atoms with Gasteiger partial charge in [0.15, 0.2) is 11.5 Å². The molecule has 0 aliphatic carbocycles. The summed E-state index contributed by atoms with van der Waals surface area (Å²) in [5, 5.41) is 9.53. The number of phenols is 1. The average Bonchev–Trinajstić information content (AvgIpc) is 2.45. The minimum atomic E-state index is -0.360. The van der Waals surface area contributed by atoms with E-state index in [1.807, 2.05) is 6.07 Å². The van der Waals surface area contributed by atoms with Crippen molar-refractivity contribution in [3.05, 3.63) is 35.6 Å². The monoisotopic (exact) mass is 278 g/mol. The molecule has 0 radical (unpaired) electrons. The first-order chi connectivity index (χ1) is 9.62. The number of ether oxygens (including phenoxy) is 3. The normalized spacial score (nSPS) is 18.2. The summed E-state index contributed by atoms with van der Waals surface area (Å²) in [5.74, 6) is 0.849. The minimum absolute atomic E-state index is 0.116. The largest absolute Gasteiger partial charge is 0.504 e. The summed E-state index contributed by atoms with van der Waals surface area (Å²) >= 11 is 0. The molecule has 108 valence electrons. The van der Waals surface area contributed by atoms with Crippen LogP contribution in [0, 0.1) is 0 Å². The predicted molar refractivity (Wildman–Crippen MR) is 72.6 cm³/mol. The average molecular weight is 278 g/mol. The highest BCUT2D eigenvalue weighted by atomic mass is 16.5. The molecule has 0 spiro atoms. The third-order valence-corrected chi connectivity index (χ3v) is 3.25. The molecule has 0 fully saturated rings. The number of cyclic esters (lactones) is 1. The second-order valence-corrected chi connectivity index (χ2v) is 4.62. The van der Waals surface area contributed by atoms with Crippen molar-refractivity contribution in [2.24, 2.45) is 0 Å². The van der Waals surface area contributed by atoms with Crippen LogP contribution in [-0.4, -0.2) is 31.4 Å². The van der Waals surface area contributed by atoms with Crippen molar-refractivity contribution < 1.29 is 24.1 Å². The number of aromatic hydroxyl groups is 1. The van der Waals surface area contributed by atoms with E-state index >= 15 is 0 Å². The summed E-state index contributed by atoms with van der Waals surface area (Å²) in [6, 6.07) is 5.21. The molecular weight excluding hydrogens is 260 g/mol. The van der Waals surface area contributed by atoms with Crippen LogP contribution in [0.25, 0.3) is 0 Å². The molecule has 1 aliphatic heterocycles. The Labute approximate surface area is 117 Å². The third-order valence-electron chi connectivity index (χ3n) is 3.25. The Bertz CT molecular complexity index is 521. The molecule has 0 saturated carbocycles. The van der Waals surface area contributed by atoms with Crippen LogP contribution in [0.3, 0.4) is 0 Å². The molecule has 0 saturated heterocycles. The Balaban J connectivity index is 1.96. The maximum absolute atomic E-state index is 11.4. The molecule has 1 aliphatic rings. The smallest absolute Gasteiger partial charge is 0.334 e. The van der Waals surface area contributed by atoms with E-state index in [1.165, 1.54) is 13.2 Å². The summed E-state index contributed by atoms with van der Waals surface area (Å²) in [6.07, 6.45) is 3.21. The Kier molecular flexibility index (Phi) is 4.50. The van der Waals surface area contributed by atoms with E-state index < -0.39 is 0 Å². The SMILES string of the molecule is COC1=CC(=O)OC(CCc2ccc(O)c(OC)c2)C1. The van der Waals surface area contributed by atoms with Crippen molar-refractivity contribution >= 4 is 5.97 Å². The van der Waals surface area contributed by atoms with Crippen molar-refractivity contribution in [3.8, 4) is 11.5 Å². The molecule has 5 heteroatoms. The topological polar surface area (TPSA) is 65.0 Å². The van der Waals surface area contributed by atoms with Gasteiger partial charge in [0.05, 0.1) is 20.3 Å². The Morgan fingerprint density at radius 3 is 2.85 bits per heavy atom. The number of aryl methyl sites for hydroxylation is 1. The first-order valence-electron chi connectivity index (χ1n) is 6.43. The quantitative estimate of drug-likeness (QED) is 0.836. The summed E-state index contributed by atoms with van der Waals surface area (Å²) < 4.78 is 15.4. The zero-order chi connectivity index (χ0) is 14.5. The van der Waals surface area contributed by atoms with Crippen LogP contribution in [0.15, 0.2) is 30.0 Å². The Morgan fingerprint density at radius 2 is 2.15 bits per heavy atom. The Morgan fingerprint density at radius 1 is 1.35 bits per heavy atom. The van der Waals surface area contributed by atoms with Crippen molar-refractivity contribution in [1.29, 1.82) is 0 Å². The van der Waals surface area contributed by atoms with Gasteiger partial charge in [-0.2, -0.15) is 0 Å². The van der Waals surface area contributed by atoms with E-state index in [0.29, 0.717) is 24.4 Å². The summed E-state index contributed by atoms with van der Waals surface area (Å²) in [6.45, 7) is 0. The van der Waals surface area contributed by atoms with E-state index in [9.17, 15) is 9.90 Å². The van der Waals surface area contributed by atoms with Crippen LogP contribution in [-0.2, 0) is 20.7 Å². The fourth-order valence-electron chi connectivity index (χ4n) is 2.16. The van der Waals surface area contributed by atoms with Gasteiger partial charge in [-0.25, -0.2) is 4.79 Å². The number of carbonyl (C=O) groups is 1. The number of carbonyl (C=O) groups excluding carboxylic acids is 1. The highest BCUT2D eigenvalue weighted by Crippen LogP contribution is 2.27. The van der Waals surface area contributed by atoms with E-state index in [0.717, 1.165) is 12.0 Å². The van der Waals surface area contributed by atoms with Gasteiger partial charge in [0.2, 0.25) is 0 Å². The third kappa shape index (κ3) is 3.44. The lowest BCUT2D eigenvalue weighted by Gasteiger charge is -2.22. The highest BCUT2D eigenvalue weighted by molar-refractivity contribution is 5.83. The van der Waals surface area contributed by atoms with E-state index in [1.54, 1.807) is 19.2 Å². The predicted octanol–water partition coefficient (Wildman–Crippen LogP) is 2.18. The van der Waals surface area contributed by atoms with E-state index in [4.69, 9.17) is 14.2 Å². The van der Waals surface area contributed by atoms with Crippen LogP contribution < -0.4 is 4.74 Å². The van der Waals surface area contributed by atoms with Crippen LogP contribution in [0.4, 0.5) is 0 Å². The standard InChI is InChI=1S/C15H18O5/c1-18-12-8-11(20-15(17)9-12)5-3-10-4-6-13(16)14(7-10)19-2/h4,6-7,9,11,16H,3,5,8H2,1-2H3. The van der Waals surface area contributed by atoms with Gasteiger partial charge in [-0.15, -0.1) is 0 Å². The number of phenolic OH excluding ortho intramolecular Hbond substituents is 1. The van der Waals surface area contributed by atoms with Crippen molar-refractivity contribution in [2.75, 3.05) is 14.2 Å². The molecular formula is C15H18O5. The maximum Gasteiger partial charge on any atom is 0.334 e. The van der Waals surface area contributed by atoms with Gasteiger partial charge in [0, 0.05) is 6.42 Å². The van der Waals surface area contributed by atoms with Crippen molar-refractivity contribution in [2.45, 2.75) is 25.4 Å². The molecule has 2 rings (SSSR count). The number of hydrogen-bond donors (Lipinski definition) is 1. The molecule has 0 bridgehead atoms. The number of benzene rings is 1. The van der Waals surface area contributed by atoms with Crippen LogP contribution >= 0.6 is 0 Å². The molecule has 5 nitrogen and oxygen atoms in total. The van der Waals surface area contributed by atoms with Gasteiger partial charge in [-0.3, -0.25) is 0 Å². The van der Waals surface area contributed by atoms with Gasteiger partial charge >= 0.3 is 5.97 Å². The van der Waals surface area contributed by atoms with Gasteiger partial charge in [0.25, 0.3) is 0 Å². The lowest BCUT2D eigenvalue weighted by Crippen LogP contribution is -2.23. The van der Waals surface area contributed by atoms with Crippen molar-refractivity contribution in [1.82, 2.24) is 0 Å². The zero-order valence-electron chi connectivity index (χ0n) is 11.6. The molecule has 0 aromatic heterocycles. The zero-order valence-corrected chi connectivity index (χ0v) is 11.6. The lowest BCUT2D eigenvalue weighted by atomic mass is 10.0. The molecule has 1 atom stereocenters. The molecule has 1 aromatic rings. The minimum Gasteiger partial charge on any atom is -0.504 e. The molecule has 1 unspecified atom stereocenters. The summed E-state index contributed by atoms with van der Waals surface area (Å²) in [5.41, 5.74) is 1.02. The van der Waals surface area contributed by atoms with E-state index in [-0.39, 0.29) is 17.8 Å². The van der Waals surface area contributed by atoms with Crippen molar-refractivity contribution in [3.63, 3.8) is 0 Å². The Hall–Kier alpha value is -2.17. The van der Waals surface area contributed by atoms with Crippen LogP contribution in [0.1, 0.15) is 18.4 Å². The number of rotatable bonds is 5. The second kappa shape index (κ2) is 6.32. The number of hydrogen-bond acceptors (Lipinski definition) is 5. The lowest BCUT2D eigenvalue weighted by molar-refractivity contribution is -0.145. The van der Waals surface area contributed by atoms with Crippen LogP contribution in [0.5, 0.6) is 11.5 Å². The molecule has 1 heterocycles. The maximum atomic E-state index is 11.4. The van der Waals surface area contributed by atoms with Crippen LogP contribution in [0.2, 0.25) is 0 Å². The first kappa shape index (κ1) is 14.2. The van der Waals surface area contributed by atoms with Gasteiger partial charge in [-0.1, -0.05) is 6.07 Å². The first-order valence-corrected chi connectivity index (χ1v) is 6.43. The summed E-state index contributed by atoms with van der Waals surface area (Å²) in [4.78, 5) is 11.4.